The van der Waals surface area contributed by atoms with E-state index in [1.807, 2.05) is 12.1 Å². The molecule has 3 rings (SSSR count). The fourth-order valence-corrected chi connectivity index (χ4v) is 2.10. The average molecular weight is 237 g/mol. The summed E-state index contributed by atoms with van der Waals surface area (Å²) in [7, 11) is 0. The molecule has 0 saturated carbocycles. The van der Waals surface area contributed by atoms with Crippen molar-refractivity contribution in [2.24, 2.45) is 0 Å². The van der Waals surface area contributed by atoms with Crippen molar-refractivity contribution in [2.45, 2.75) is 19.8 Å². The number of aromatic nitrogens is 3. The van der Waals surface area contributed by atoms with Gasteiger partial charge in [0.05, 0.1) is 0 Å². The van der Waals surface area contributed by atoms with Gasteiger partial charge in [0.15, 0.2) is 5.65 Å². The van der Waals surface area contributed by atoms with Gasteiger partial charge in [-0.3, -0.25) is 4.40 Å². The largest absolute Gasteiger partial charge is 0.286 e. The molecule has 0 bridgehead atoms. The first-order chi connectivity index (χ1) is 8.75. The molecule has 0 fully saturated rings. The molecule has 2 heterocycles. The van der Waals surface area contributed by atoms with Gasteiger partial charge >= 0.3 is 0 Å². The Labute approximate surface area is 106 Å². The van der Waals surface area contributed by atoms with Gasteiger partial charge in [0.25, 0.3) is 0 Å². The molecule has 0 aliphatic carbocycles. The molecule has 0 radical (unpaired) electrons. The van der Waals surface area contributed by atoms with Crippen LogP contribution in [0.4, 0.5) is 0 Å². The highest BCUT2D eigenvalue weighted by atomic mass is 15.2. The first-order valence-electron chi connectivity index (χ1n) is 6.16. The van der Waals surface area contributed by atoms with Crippen molar-refractivity contribution in [1.82, 2.24) is 14.6 Å². The van der Waals surface area contributed by atoms with Gasteiger partial charge in [-0.05, 0) is 23.3 Å². The predicted octanol–water partition coefficient (Wildman–Crippen LogP) is 3.52. The maximum atomic E-state index is 4.24. The third-order valence-corrected chi connectivity index (χ3v) is 3.05. The van der Waals surface area contributed by atoms with E-state index >= 15 is 0 Å². The summed E-state index contributed by atoms with van der Waals surface area (Å²) >= 11 is 0. The minimum Gasteiger partial charge on any atom is -0.286 e. The van der Waals surface area contributed by atoms with Crippen LogP contribution in [-0.4, -0.2) is 14.6 Å². The number of fused-ring (bicyclic) bond motifs is 1. The molecule has 0 spiro atoms. The Bertz CT molecular complexity index is 669. The van der Waals surface area contributed by atoms with Crippen LogP contribution in [-0.2, 0) is 0 Å². The fourth-order valence-electron chi connectivity index (χ4n) is 2.10. The minimum atomic E-state index is 0.367. The molecule has 0 aliphatic rings. The molecule has 90 valence electrons. The van der Waals surface area contributed by atoms with Crippen molar-refractivity contribution in [3.05, 3.63) is 54.5 Å². The summed E-state index contributed by atoms with van der Waals surface area (Å²) in [6.07, 6.45) is 2.11. The van der Waals surface area contributed by atoms with Gasteiger partial charge < -0.3 is 0 Å². The number of pyridine rings is 1. The van der Waals surface area contributed by atoms with Crippen LogP contribution in [0.1, 0.15) is 25.6 Å². The summed E-state index contributed by atoms with van der Waals surface area (Å²) in [5.41, 5.74) is 3.30. The number of hydrogen-bond acceptors (Lipinski definition) is 2. The highest BCUT2D eigenvalue weighted by Gasteiger charge is 2.09. The zero-order chi connectivity index (χ0) is 12.5. The third-order valence-electron chi connectivity index (χ3n) is 3.05. The molecule has 3 heteroatoms. The van der Waals surface area contributed by atoms with Crippen molar-refractivity contribution in [1.29, 1.82) is 0 Å². The van der Waals surface area contributed by atoms with Crippen molar-refractivity contribution in [2.75, 3.05) is 0 Å². The summed E-state index contributed by atoms with van der Waals surface area (Å²) in [5, 5.41) is 8.43. The normalized spacial score (nSPS) is 11.3. The summed E-state index contributed by atoms with van der Waals surface area (Å²) in [5.74, 6) is 1.37. The Morgan fingerprint density at radius 2 is 1.67 bits per heavy atom. The number of nitrogens with zero attached hydrogens (tertiary/aromatic N) is 3. The van der Waals surface area contributed by atoms with Gasteiger partial charge in [0.2, 0.25) is 0 Å². The first kappa shape index (κ1) is 11.0. The maximum Gasteiger partial charge on any atom is 0.160 e. The van der Waals surface area contributed by atoms with Crippen LogP contribution < -0.4 is 0 Å². The Morgan fingerprint density at radius 3 is 2.39 bits per heavy atom. The molecule has 0 amide bonds. The second-order valence-electron chi connectivity index (χ2n) is 4.72. The molecular formula is C15H15N3. The Hall–Kier alpha value is -2.16. The molecule has 3 nitrogen and oxygen atoms in total. The molecule has 18 heavy (non-hydrogen) atoms. The molecular weight excluding hydrogens is 222 g/mol. The lowest BCUT2D eigenvalue weighted by Gasteiger charge is -2.05. The quantitative estimate of drug-likeness (QED) is 0.682. The van der Waals surface area contributed by atoms with Gasteiger partial charge in [-0.1, -0.05) is 44.2 Å². The molecule has 2 aromatic heterocycles. The van der Waals surface area contributed by atoms with E-state index in [-0.39, 0.29) is 0 Å². The van der Waals surface area contributed by atoms with E-state index in [1.165, 1.54) is 11.1 Å². The lowest BCUT2D eigenvalue weighted by molar-refractivity contribution is 0.759. The summed E-state index contributed by atoms with van der Waals surface area (Å²) in [4.78, 5) is 0. The predicted molar refractivity (Wildman–Crippen MR) is 72.5 cm³/mol. The minimum absolute atomic E-state index is 0.367. The van der Waals surface area contributed by atoms with E-state index in [0.29, 0.717) is 5.92 Å². The SMILES string of the molecule is CC(C)c1nnc2ccc(-c3ccccc3)cn12. The van der Waals surface area contributed by atoms with Crippen molar-refractivity contribution in [3.63, 3.8) is 0 Å². The molecule has 0 N–H and O–H groups in total. The zero-order valence-electron chi connectivity index (χ0n) is 10.5. The van der Waals surface area contributed by atoms with Crippen LogP contribution >= 0.6 is 0 Å². The maximum absolute atomic E-state index is 4.24. The van der Waals surface area contributed by atoms with Gasteiger partial charge in [-0.2, -0.15) is 0 Å². The molecule has 0 saturated heterocycles. The molecule has 0 atom stereocenters. The summed E-state index contributed by atoms with van der Waals surface area (Å²) in [6.45, 7) is 4.26. The number of benzene rings is 1. The molecule has 3 aromatic rings. The number of hydrogen-bond donors (Lipinski definition) is 0. The molecule has 0 unspecified atom stereocenters. The van der Waals surface area contributed by atoms with E-state index in [9.17, 15) is 0 Å². The van der Waals surface area contributed by atoms with Crippen LogP contribution in [0.3, 0.4) is 0 Å². The Morgan fingerprint density at radius 1 is 0.889 bits per heavy atom. The summed E-state index contributed by atoms with van der Waals surface area (Å²) in [6, 6.07) is 14.5. The van der Waals surface area contributed by atoms with Crippen molar-refractivity contribution >= 4 is 5.65 Å². The monoisotopic (exact) mass is 237 g/mol. The topological polar surface area (TPSA) is 30.2 Å². The van der Waals surface area contributed by atoms with Crippen LogP contribution in [0.5, 0.6) is 0 Å². The smallest absolute Gasteiger partial charge is 0.160 e. The fraction of sp³-hybridized carbons (Fsp3) is 0.200. The average Bonchev–Trinajstić information content (AvgIpc) is 2.82. The Kier molecular flexibility index (Phi) is 2.59. The van der Waals surface area contributed by atoms with Gasteiger partial charge in [-0.15, -0.1) is 10.2 Å². The number of rotatable bonds is 2. The van der Waals surface area contributed by atoms with Crippen LogP contribution in [0.2, 0.25) is 0 Å². The van der Waals surface area contributed by atoms with Crippen LogP contribution in [0.25, 0.3) is 16.8 Å². The third kappa shape index (κ3) is 1.78. The summed E-state index contributed by atoms with van der Waals surface area (Å²) < 4.78 is 2.08. The standard InChI is InChI=1S/C15H15N3/c1-11(2)15-17-16-14-9-8-13(10-18(14)15)12-6-4-3-5-7-12/h3-11H,1-2H3. The molecule has 1 aromatic carbocycles. The van der Waals surface area contributed by atoms with Crippen LogP contribution in [0, 0.1) is 0 Å². The zero-order valence-corrected chi connectivity index (χ0v) is 10.5. The lowest BCUT2D eigenvalue weighted by Crippen LogP contribution is -1.97. The lowest BCUT2D eigenvalue weighted by atomic mass is 10.1. The molecule has 0 aliphatic heterocycles. The highest BCUT2D eigenvalue weighted by Crippen LogP contribution is 2.21. The van der Waals surface area contributed by atoms with E-state index in [4.69, 9.17) is 0 Å². The van der Waals surface area contributed by atoms with Crippen molar-refractivity contribution in [3.8, 4) is 11.1 Å². The van der Waals surface area contributed by atoms with Gasteiger partial charge in [0, 0.05) is 12.1 Å². The van der Waals surface area contributed by atoms with Gasteiger partial charge in [-0.25, -0.2) is 0 Å². The van der Waals surface area contributed by atoms with Gasteiger partial charge in [0.1, 0.15) is 5.82 Å². The van der Waals surface area contributed by atoms with Crippen LogP contribution in [0.15, 0.2) is 48.7 Å². The first-order valence-corrected chi connectivity index (χ1v) is 6.16. The second kappa shape index (κ2) is 4.26. The van der Waals surface area contributed by atoms with Crippen molar-refractivity contribution < 1.29 is 0 Å². The van der Waals surface area contributed by atoms with E-state index < -0.39 is 0 Å². The van der Waals surface area contributed by atoms with E-state index in [2.05, 4.69) is 65.0 Å². The van der Waals surface area contributed by atoms with E-state index in [1.54, 1.807) is 0 Å². The van der Waals surface area contributed by atoms with E-state index in [0.717, 1.165) is 11.5 Å². The highest BCUT2D eigenvalue weighted by molar-refractivity contribution is 5.64. The Balaban J connectivity index is 2.18. The second-order valence-corrected chi connectivity index (χ2v) is 4.72.